The molecule has 138 valence electrons. The summed E-state index contributed by atoms with van der Waals surface area (Å²) in [5.41, 5.74) is 2.96. The zero-order chi connectivity index (χ0) is 19.4. The molecule has 0 amide bonds. The van der Waals surface area contributed by atoms with E-state index in [9.17, 15) is 10.1 Å². The molecule has 7 nitrogen and oxygen atoms in total. The Hall–Kier alpha value is -3.05. The number of esters is 1. The van der Waals surface area contributed by atoms with E-state index < -0.39 is 0 Å². The standard InChI is InChI=1S/C19H19N5O2S/c1-4-26-15(25)10-27-19-14(9-20)16-17(21-12(3)22-18(16)24-19)23-13-7-5-6-11(2)8-13/h5-8H,4,10H2,1-3H3,(H2,21,22,23,24). The molecule has 2 heterocycles. The van der Waals surface area contributed by atoms with Gasteiger partial charge in [0.25, 0.3) is 0 Å². The molecule has 0 fully saturated rings. The molecule has 8 heteroatoms. The van der Waals surface area contributed by atoms with Crippen molar-refractivity contribution < 1.29 is 9.53 Å². The maximum absolute atomic E-state index is 11.6. The molecule has 1 aromatic carbocycles. The van der Waals surface area contributed by atoms with Crippen molar-refractivity contribution in [2.45, 2.75) is 25.8 Å². The van der Waals surface area contributed by atoms with Gasteiger partial charge < -0.3 is 15.0 Å². The number of rotatable bonds is 6. The van der Waals surface area contributed by atoms with Crippen molar-refractivity contribution in [1.29, 1.82) is 5.26 Å². The molecule has 0 bridgehead atoms. The summed E-state index contributed by atoms with van der Waals surface area (Å²) in [6, 6.07) is 10.1. The summed E-state index contributed by atoms with van der Waals surface area (Å²) < 4.78 is 4.95. The number of fused-ring (bicyclic) bond motifs is 1. The van der Waals surface area contributed by atoms with E-state index in [4.69, 9.17) is 4.74 Å². The van der Waals surface area contributed by atoms with Crippen LogP contribution in [0, 0.1) is 25.2 Å². The first-order chi connectivity index (χ1) is 13.0. The molecule has 0 aliphatic rings. The number of nitriles is 1. The number of nitrogens with one attached hydrogen (secondary N) is 2. The SMILES string of the molecule is CCOC(=O)CSc1[nH]c2nc(C)nc(Nc3cccc(C)c3)c2c1C#N. The number of benzene rings is 1. The van der Waals surface area contributed by atoms with Crippen LogP contribution in [0.25, 0.3) is 11.0 Å². The third-order valence-electron chi connectivity index (χ3n) is 3.76. The van der Waals surface area contributed by atoms with Crippen LogP contribution < -0.4 is 5.32 Å². The molecule has 0 unspecified atom stereocenters. The van der Waals surface area contributed by atoms with Crippen molar-refractivity contribution >= 4 is 40.3 Å². The molecule has 2 aromatic heterocycles. The van der Waals surface area contributed by atoms with Crippen LogP contribution in [0.3, 0.4) is 0 Å². The van der Waals surface area contributed by atoms with E-state index >= 15 is 0 Å². The zero-order valence-electron chi connectivity index (χ0n) is 15.3. The van der Waals surface area contributed by atoms with Crippen LogP contribution in [-0.4, -0.2) is 33.3 Å². The Labute approximate surface area is 161 Å². The summed E-state index contributed by atoms with van der Waals surface area (Å²) in [4.78, 5) is 23.7. The van der Waals surface area contributed by atoms with E-state index in [1.165, 1.54) is 11.8 Å². The summed E-state index contributed by atoms with van der Waals surface area (Å²) in [5, 5.41) is 14.2. The highest BCUT2D eigenvalue weighted by atomic mass is 32.2. The molecule has 3 rings (SSSR count). The quantitative estimate of drug-likeness (QED) is 0.494. The van der Waals surface area contributed by atoms with Crippen molar-refractivity contribution in [1.82, 2.24) is 15.0 Å². The number of anilines is 2. The van der Waals surface area contributed by atoms with Gasteiger partial charge in [0.15, 0.2) is 0 Å². The monoisotopic (exact) mass is 381 g/mol. The molecular weight excluding hydrogens is 362 g/mol. The van der Waals surface area contributed by atoms with Gasteiger partial charge in [-0.1, -0.05) is 23.9 Å². The van der Waals surface area contributed by atoms with Crippen LogP contribution in [-0.2, 0) is 9.53 Å². The first-order valence-corrected chi connectivity index (χ1v) is 9.43. The van der Waals surface area contributed by atoms with Crippen LogP contribution in [0.5, 0.6) is 0 Å². The third kappa shape index (κ3) is 4.20. The van der Waals surface area contributed by atoms with Crippen LogP contribution in [0.15, 0.2) is 29.3 Å². The number of hydrogen-bond donors (Lipinski definition) is 2. The first kappa shape index (κ1) is 18.7. The highest BCUT2D eigenvalue weighted by Crippen LogP contribution is 2.33. The van der Waals surface area contributed by atoms with Gasteiger partial charge in [0.1, 0.15) is 23.4 Å². The molecule has 0 atom stereocenters. The van der Waals surface area contributed by atoms with Gasteiger partial charge in [0.05, 0.1) is 28.3 Å². The van der Waals surface area contributed by atoms with E-state index in [2.05, 4.69) is 26.3 Å². The predicted molar refractivity (Wildman–Crippen MR) is 105 cm³/mol. The van der Waals surface area contributed by atoms with Crippen molar-refractivity contribution in [2.75, 3.05) is 17.7 Å². The highest BCUT2D eigenvalue weighted by molar-refractivity contribution is 8.00. The Morgan fingerprint density at radius 2 is 2.19 bits per heavy atom. The van der Waals surface area contributed by atoms with Gasteiger partial charge in [-0.25, -0.2) is 9.97 Å². The Balaban J connectivity index is 2.01. The fourth-order valence-electron chi connectivity index (χ4n) is 2.68. The average molecular weight is 381 g/mol. The number of aromatic amines is 1. The molecule has 27 heavy (non-hydrogen) atoms. The molecule has 0 radical (unpaired) electrons. The number of thioether (sulfide) groups is 1. The molecular formula is C19H19N5O2S. The number of aryl methyl sites for hydroxylation is 2. The molecule has 3 aromatic rings. The number of carbonyl (C=O) groups excluding carboxylic acids is 1. The molecule has 0 aliphatic heterocycles. The Morgan fingerprint density at radius 1 is 1.37 bits per heavy atom. The minimum absolute atomic E-state index is 0.113. The lowest BCUT2D eigenvalue weighted by Crippen LogP contribution is -2.06. The van der Waals surface area contributed by atoms with Gasteiger partial charge in [0, 0.05) is 5.69 Å². The normalized spacial score (nSPS) is 10.6. The van der Waals surface area contributed by atoms with Gasteiger partial charge in [-0.15, -0.1) is 0 Å². The number of H-pyrrole nitrogens is 1. The van der Waals surface area contributed by atoms with E-state index in [-0.39, 0.29) is 11.7 Å². The van der Waals surface area contributed by atoms with E-state index in [1.807, 2.05) is 31.2 Å². The van der Waals surface area contributed by atoms with Crippen LogP contribution in [0.4, 0.5) is 11.5 Å². The topological polar surface area (TPSA) is 104 Å². The number of ether oxygens (including phenoxy) is 1. The van der Waals surface area contributed by atoms with Crippen LogP contribution in [0.1, 0.15) is 23.9 Å². The van der Waals surface area contributed by atoms with Crippen molar-refractivity contribution in [3.05, 3.63) is 41.2 Å². The van der Waals surface area contributed by atoms with Crippen molar-refractivity contribution in [3.63, 3.8) is 0 Å². The van der Waals surface area contributed by atoms with E-state index in [1.54, 1.807) is 13.8 Å². The fraction of sp³-hybridized carbons (Fsp3) is 0.263. The van der Waals surface area contributed by atoms with Crippen molar-refractivity contribution in [3.8, 4) is 6.07 Å². The number of hydrogen-bond acceptors (Lipinski definition) is 7. The lowest BCUT2D eigenvalue weighted by atomic mass is 10.2. The Kier molecular flexibility index (Phi) is 5.62. The summed E-state index contributed by atoms with van der Waals surface area (Å²) in [6.45, 7) is 5.88. The van der Waals surface area contributed by atoms with E-state index in [0.717, 1.165) is 11.3 Å². The highest BCUT2D eigenvalue weighted by Gasteiger charge is 2.19. The number of nitrogens with zero attached hydrogens (tertiary/aromatic N) is 3. The van der Waals surface area contributed by atoms with Gasteiger partial charge in [0.2, 0.25) is 0 Å². The summed E-state index contributed by atoms with van der Waals surface area (Å²) >= 11 is 1.22. The number of aromatic nitrogens is 3. The molecule has 0 saturated heterocycles. The first-order valence-electron chi connectivity index (χ1n) is 8.44. The van der Waals surface area contributed by atoms with Crippen molar-refractivity contribution in [2.24, 2.45) is 0 Å². The summed E-state index contributed by atoms with van der Waals surface area (Å²) in [6.07, 6.45) is 0. The molecule has 0 spiro atoms. The van der Waals surface area contributed by atoms with Crippen LogP contribution >= 0.6 is 11.8 Å². The lowest BCUT2D eigenvalue weighted by molar-refractivity contribution is -0.139. The van der Waals surface area contributed by atoms with Gasteiger partial charge in [-0.05, 0) is 38.5 Å². The second-order valence-corrected chi connectivity index (χ2v) is 6.86. The second-order valence-electron chi connectivity index (χ2n) is 5.87. The van der Waals surface area contributed by atoms with E-state index in [0.29, 0.717) is 39.9 Å². The molecule has 2 N–H and O–H groups in total. The fourth-order valence-corrected chi connectivity index (χ4v) is 3.49. The minimum Gasteiger partial charge on any atom is -0.465 e. The summed E-state index contributed by atoms with van der Waals surface area (Å²) in [7, 11) is 0. The molecule has 0 aliphatic carbocycles. The maximum atomic E-state index is 11.6. The Morgan fingerprint density at radius 3 is 2.89 bits per heavy atom. The minimum atomic E-state index is -0.328. The maximum Gasteiger partial charge on any atom is 0.316 e. The smallest absolute Gasteiger partial charge is 0.316 e. The Bertz CT molecular complexity index is 1040. The van der Waals surface area contributed by atoms with Gasteiger partial charge in [-0.3, -0.25) is 4.79 Å². The van der Waals surface area contributed by atoms with Gasteiger partial charge in [-0.2, -0.15) is 5.26 Å². The molecule has 0 saturated carbocycles. The van der Waals surface area contributed by atoms with Crippen LogP contribution in [0.2, 0.25) is 0 Å². The largest absolute Gasteiger partial charge is 0.465 e. The second kappa shape index (κ2) is 8.10. The predicted octanol–water partition coefficient (Wildman–Crippen LogP) is 3.85. The number of carbonyl (C=O) groups is 1. The lowest BCUT2D eigenvalue weighted by Gasteiger charge is -2.08. The van der Waals surface area contributed by atoms with Gasteiger partial charge >= 0.3 is 5.97 Å². The average Bonchev–Trinajstić information content (AvgIpc) is 2.97. The zero-order valence-corrected chi connectivity index (χ0v) is 16.1. The summed E-state index contributed by atoms with van der Waals surface area (Å²) in [5.74, 6) is 0.914. The third-order valence-corrected chi connectivity index (χ3v) is 4.74.